The summed E-state index contributed by atoms with van der Waals surface area (Å²) in [7, 11) is 0. The van der Waals surface area contributed by atoms with Gasteiger partial charge in [0.1, 0.15) is 10.8 Å². The van der Waals surface area contributed by atoms with E-state index in [2.05, 4.69) is 9.97 Å². The zero-order valence-corrected chi connectivity index (χ0v) is 10.7. The number of aliphatic carboxylic acids is 1. The Morgan fingerprint density at radius 3 is 2.68 bits per heavy atom. The van der Waals surface area contributed by atoms with Gasteiger partial charge in [-0.1, -0.05) is 11.6 Å². The number of amides is 1. The molecule has 1 aromatic heterocycles. The van der Waals surface area contributed by atoms with Crippen molar-refractivity contribution < 1.29 is 14.7 Å². The van der Waals surface area contributed by atoms with E-state index in [4.69, 9.17) is 16.7 Å². The van der Waals surface area contributed by atoms with Crippen LogP contribution >= 0.6 is 11.6 Å². The fraction of sp³-hybridized carbons (Fsp3) is 0.500. The molecule has 1 aromatic rings. The summed E-state index contributed by atoms with van der Waals surface area (Å²) in [6, 6.07) is -0.205. The Kier molecular flexibility index (Phi) is 2.89. The molecule has 6 nitrogen and oxygen atoms in total. The molecular formula is C12H12ClN3O3. The Labute approximate surface area is 114 Å². The number of carboxylic acids is 1. The number of aromatic nitrogens is 2. The van der Waals surface area contributed by atoms with Crippen molar-refractivity contribution in [2.75, 3.05) is 0 Å². The van der Waals surface area contributed by atoms with Gasteiger partial charge >= 0.3 is 5.97 Å². The number of hydrogen-bond donors (Lipinski definition) is 1. The minimum absolute atomic E-state index is 0.0103. The van der Waals surface area contributed by atoms with Gasteiger partial charge in [-0.15, -0.1) is 0 Å². The summed E-state index contributed by atoms with van der Waals surface area (Å²) in [4.78, 5) is 33.0. The van der Waals surface area contributed by atoms with Gasteiger partial charge in [-0.2, -0.15) is 0 Å². The van der Waals surface area contributed by atoms with Gasteiger partial charge in [-0.25, -0.2) is 9.97 Å². The highest BCUT2D eigenvalue weighted by Gasteiger charge is 2.51. The molecule has 1 N–H and O–H groups in total. The average Bonchev–Trinajstić information content (AvgIpc) is 2.96. The molecule has 3 heterocycles. The van der Waals surface area contributed by atoms with Crippen molar-refractivity contribution in [1.29, 1.82) is 0 Å². The first-order chi connectivity index (χ1) is 9.08. The third-order valence-corrected chi connectivity index (χ3v) is 4.12. The van der Waals surface area contributed by atoms with E-state index in [-0.39, 0.29) is 28.8 Å². The molecule has 0 spiro atoms. The zero-order valence-electron chi connectivity index (χ0n) is 9.99. The third kappa shape index (κ3) is 1.96. The second-order valence-electron chi connectivity index (χ2n) is 4.92. The standard InChI is InChI=1S/C12H12ClN3O3/c13-10-5-14-8(4-15-10)11(17)16-6-1-2-9(16)7(3-6)12(18)19/h4-7,9H,1-3H2,(H,18,19). The first-order valence-corrected chi connectivity index (χ1v) is 6.48. The lowest BCUT2D eigenvalue weighted by Gasteiger charge is -2.22. The fourth-order valence-corrected chi connectivity index (χ4v) is 3.22. The highest BCUT2D eigenvalue weighted by atomic mass is 35.5. The molecule has 0 saturated carbocycles. The average molecular weight is 282 g/mol. The first-order valence-electron chi connectivity index (χ1n) is 6.11. The normalized spacial score (nSPS) is 28.7. The Morgan fingerprint density at radius 1 is 1.32 bits per heavy atom. The van der Waals surface area contributed by atoms with E-state index in [1.807, 2.05) is 0 Å². The number of nitrogens with zero attached hydrogens (tertiary/aromatic N) is 3. The number of carbonyl (C=O) groups is 2. The molecule has 2 aliphatic rings. The van der Waals surface area contributed by atoms with E-state index >= 15 is 0 Å². The number of carboxylic acid groups (broad SMARTS) is 1. The lowest BCUT2D eigenvalue weighted by Crippen LogP contribution is -2.38. The molecule has 100 valence electrons. The summed E-state index contributed by atoms with van der Waals surface area (Å²) in [6.07, 6.45) is 4.79. The van der Waals surface area contributed by atoms with Gasteiger partial charge < -0.3 is 10.0 Å². The predicted octanol–water partition coefficient (Wildman–Crippen LogP) is 1.21. The smallest absolute Gasteiger partial charge is 0.308 e. The van der Waals surface area contributed by atoms with Gasteiger partial charge in [-0.3, -0.25) is 9.59 Å². The third-order valence-electron chi connectivity index (χ3n) is 3.93. The van der Waals surface area contributed by atoms with Gasteiger partial charge in [0.2, 0.25) is 0 Å². The second-order valence-corrected chi connectivity index (χ2v) is 5.30. The maximum atomic E-state index is 12.4. The molecule has 2 bridgehead atoms. The molecule has 2 aliphatic heterocycles. The summed E-state index contributed by atoms with van der Waals surface area (Å²) in [5.74, 6) is -1.53. The van der Waals surface area contributed by atoms with Gasteiger partial charge in [0, 0.05) is 12.1 Å². The van der Waals surface area contributed by atoms with Crippen molar-refractivity contribution in [2.24, 2.45) is 5.92 Å². The molecule has 1 amide bonds. The maximum Gasteiger partial charge on any atom is 0.308 e. The van der Waals surface area contributed by atoms with Crippen LogP contribution in [-0.2, 0) is 4.79 Å². The van der Waals surface area contributed by atoms with E-state index in [0.29, 0.717) is 6.42 Å². The molecule has 0 aromatic carbocycles. The first kappa shape index (κ1) is 12.3. The van der Waals surface area contributed by atoms with Gasteiger partial charge in [0.25, 0.3) is 5.91 Å². The van der Waals surface area contributed by atoms with Crippen molar-refractivity contribution >= 4 is 23.5 Å². The molecule has 3 atom stereocenters. The largest absolute Gasteiger partial charge is 0.481 e. The van der Waals surface area contributed by atoms with Crippen molar-refractivity contribution in [2.45, 2.75) is 31.3 Å². The van der Waals surface area contributed by atoms with Crippen LogP contribution in [0.5, 0.6) is 0 Å². The number of hydrogen-bond acceptors (Lipinski definition) is 4. The number of halogens is 1. The Hall–Kier alpha value is -1.69. The number of carbonyl (C=O) groups excluding carboxylic acids is 1. The Balaban J connectivity index is 1.85. The van der Waals surface area contributed by atoms with Crippen molar-refractivity contribution in [1.82, 2.24) is 14.9 Å². The maximum absolute atomic E-state index is 12.4. The number of rotatable bonds is 2. The van der Waals surface area contributed by atoms with E-state index in [9.17, 15) is 9.59 Å². The van der Waals surface area contributed by atoms with Crippen LogP contribution in [-0.4, -0.2) is 43.9 Å². The zero-order chi connectivity index (χ0) is 13.6. The van der Waals surface area contributed by atoms with E-state index in [0.717, 1.165) is 12.8 Å². The summed E-state index contributed by atoms with van der Waals surface area (Å²) < 4.78 is 0. The molecule has 3 unspecified atom stereocenters. The van der Waals surface area contributed by atoms with Crippen LogP contribution in [0.2, 0.25) is 5.15 Å². The van der Waals surface area contributed by atoms with Gasteiger partial charge in [0.05, 0.1) is 18.3 Å². The SMILES string of the molecule is O=C(O)C1CC2CCC1N2C(=O)c1cnc(Cl)cn1. The molecule has 7 heteroatoms. The summed E-state index contributed by atoms with van der Waals surface area (Å²) in [5, 5.41) is 9.38. The highest BCUT2D eigenvalue weighted by molar-refractivity contribution is 6.29. The molecule has 0 aliphatic carbocycles. The van der Waals surface area contributed by atoms with Crippen LogP contribution < -0.4 is 0 Å². The van der Waals surface area contributed by atoms with Crippen LogP contribution in [0, 0.1) is 5.92 Å². The van der Waals surface area contributed by atoms with E-state index in [1.165, 1.54) is 12.4 Å². The van der Waals surface area contributed by atoms with Crippen LogP contribution in [0.1, 0.15) is 29.8 Å². The molecular weight excluding hydrogens is 270 g/mol. The Bertz CT molecular complexity index is 534. The van der Waals surface area contributed by atoms with Crippen LogP contribution in [0.25, 0.3) is 0 Å². The predicted molar refractivity (Wildman–Crippen MR) is 65.8 cm³/mol. The topological polar surface area (TPSA) is 83.4 Å². The molecule has 19 heavy (non-hydrogen) atoms. The molecule has 2 saturated heterocycles. The quantitative estimate of drug-likeness (QED) is 0.881. The van der Waals surface area contributed by atoms with Gasteiger partial charge in [-0.05, 0) is 19.3 Å². The lowest BCUT2D eigenvalue weighted by molar-refractivity contribution is -0.142. The monoisotopic (exact) mass is 281 g/mol. The fourth-order valence-electron chi connectivity index (χ4n) is 3.13. The molecule has 3 rings (SSSR count). The Morgan fingerprint density at radius 2 is 2.11 bits per heavy atom. The summed E-state index contributed by atoms with van der Waals surface area (Å²) >= 11 is 5.63. The molecule has 0 radical (unpaired) electrons. The van der Waals surface area contributed by atoms with Crippen molar-refractivity contribution in [3.63, 3.8) is 0 Å². The summed E-state index contributed by atoms with van der Waals surface area (Å²) in [5.41, 5.74) is 0.215. The van der Waals surface area contributed by atoms with Crippen LogP contribution in [0.4, 0.5) is 0 Å². The van der Waals surface area contributed by atoms with Crippen LogP contribution in [0.3, 0.4) is 0 Å². The minimum atomic E-state index is -0.827. The lowest BCUT2D eigenvalue weighted by atomic mass is 9.89. The highest BCUT2D eigenvalue weighted by Crippen LogP contribution is 2.42. The summed E-state index contributed by atoms with van der Waals surface area (Å²) in [6.45, 7) is 0. The van der Waals surface area contributed by atoms with Crippen LogP contribution in [0.15, 0.2) is 12.4 Å². The van der Waals surface area contributed by atoms with Gasteiger partial charge in [0.15, 0.2) is 0 Å². The van der Waals surface area contributed by atoms with E-state index < -0.39 is 11.9 Å². The van der Waals surface area contributed by atoms with Crippen molar-refractivity contribution in [3.8, 4) is 0 Å². The van der Waals surface area contributed by atoms with Crippen molar-refractivity contribution in [3.05, 3.63) is 23.2 Å². The second kappa shape index (κ2) is 4.45. The molecule has 2 fully saturated rings. The minimum Gasteiger partial charge on any atom is -0.481 e. The van der Waals surface area contributed by atoms with E-state index in [1.54, 1.807) is 4.90 Å². The number of fused-ring (bicyclic) bond motifs is 2.